The lowest BCUT2D eigenvalue weighted by Crippen LogP contribution is -2.38. The lowest BCUT2D eigenvalue weighted by molar-refractivity contribution is 0.0699. The highest BCUT2D eigenvalue weighted by molar-refractivity contribution is 7.88. The van der Waals surface area contributed by atoms with Crippen LogP contribution >= 0.6 is 0 Å². The maximum atomic E-state index is 13.2. The lowest BCUT2D eigenvalue weighted by atomic mass is 9.90. The summed E-state index contributed by atoms with van der Waals surface area (Å²) >= 11 is 0. The van der Waals surface area contributed by atoms with Gasteiger partial charge in [-0.15, -0.1) is 0 Å². The summed E-state index contributed by atoms with van der Waals surface area (Å²) in [7, 11) is -3.33. The zero-order valence-corrected chi connectivity index (χ0v) is 20.5. The van der Waals surface area contributed by atoms with Gasteiger partial charge >= 0.3 is 0 Å². The fourth-order valence-electron chi connectivity index (χ4n) is 5.14. The minimum atomic E-state index is -3.33. The number of hydrogen-bond donors (Lipinski definition) is 0. The summed E-state index contributed by atoms with van der Waals surface area (Å²) in [5.74, 6) is 1.03. The van der Waals surface area contributed by atoms with Crippen LogP contribution in [0.1, 0.15) is 60.0 Å². The number of sulfonamides is 1. The monoisotopic (exact) mass is 480 g/mol. The number of pyridine rings is 1. The van der Waals surface area contributed by atoms with Gasteiger partial charge in [0.15, 0.2) is 0 Å². The van der Waals surface area contributed by atoms with Crippen LogP contribution < -0.4 is 0 Å². The van der Waals surface area contributed by atoms with E-state index in [9.17, 15) is 13.2 Å². The molecule has 8 heteroatoms. The number of rotatable bonds is 5. The van der Waals surface area contributed by atoms with Gasteiger partial charge in [0.25, 0.3) is 5.91 Å². The number of aromatic nitrogens is 2. The second kappa shape index (κ2) is 9.50. The van der Waals surface area contributed by atoms with Crippen LogP contribution in [-0.4, -0.2) is 59.3 Å². The summed E-state index contributed by atoms with van der Waals surface area (Å²) in [5, 5.41) is 4.40. The average molecular weight is 481 g/mol. The molecule has 0 bridgehead atoms. The fraction of sp³-hybridized carbons (Fsp3) is 0.462. The molecule has 0 aliphatic carbocycles. The summed E-state index contributed by atoms with van der Waals surface area (Å²) in [6.07, 6.45) is 7.22. The van der Waals surface area contributed by atoms with Crippen molar-refractivity contribution in [3.63, 3.8) is 0 Å². The average Bonchev–Trinajstić information content (AvgIpc) is 3.28. The molecule has 2 aromatic heterocycles. The Hall–Kier alpha value is -2.71. The quantitative estimate of drug-likeness (QED) is 0.555. The third kappa shape index (κ3) is 4.74. The molecule has 0 atom stereocenters. The third-order valence-electron chi connectivity index (χ3n) is 7.36. The first kappa shape index (κ1) is 23.1. The molecule has 4 heterocycles. The number of carbonyl (C=O) groups excluding carboxylic acids is 1. The van der Waals surface area contributed by atoms with Gasteiger partial charge in [-0.25, -0.2) is 17.2 Å². The highest BCUT2D eigenvalue weighted by Gasteiger charge is 2.29. The summed E-state index contributed by atoms with van der Waals surface area (Å²) < 4.78 is 29.2. The molecule has 2 aliphatic heterocycles. The van der Waals surface area contributed by atoms with Crippen LogP contribution in [0.15, 0.2) is 54.9 Å². The number of amides is 1. The van der Waals surface area contributed by atoms with E-state index in [1.165, 1.54) is 0 Å². The van der Waals surface area contributed by atoms with E-state index in [0.717, 1.165) is 55.4 Å². The van der Waals surface area contributed by atoms with Crippen molar-refractivity contribution in [3.05, 3.63) is 71.5 Å². The predicted octanol–water partition coefficient (Wildman–Crippen LogP) is 3.92. The Morgan fingerprint density at radius 3 is 2.41 bits per heavy atom. The Bertz CT molecular complexity index is 1260. The first-order valence-corrected chi connectivity index (χ1v) is 13.8. The van der Waals surface area contributed by atoms with Gasteiger partial charge in [-0.3, -0.25) is 4.79 Å². The van der Waals surface area contributed by atoms with Crippen molar-refractivity contribution < 1.29 is 13.2 Å². The topological polar surface area (TPSA) is 75.0 Å². The predicted molar refractivity (Wildman–Crippen MR) is 132 cm³/mol. The Morgan fingerprint density at radius 2 is 1.71 bits per heavy atom. The van der Waals surface area contributed by atoms with Crippen LogP contribution in [0.25, 0.3) is 5.52 Å². The van der Waals surface area contributed by atoms with Crippen molar-refractivity contribution in [3.8, 4) is 0 Å². The van der Waals surface area contributed by atoms with E-state index in [1.807, 2.05) is 41.4 Å². The molecule has 0 unspecified atom stereocenters. The SMILES string of the molecule is CC1CCN(C(=O)c2cnn3ccc(C4CCN(S(=O)(=O)Cc5ccccc5)CC4)cc23)CC1. The third-order valence-corrected chi connectivity index (χ3v) is 9.21. The van der Waals surface area contributed by atoms with Crippen molar-refractivity contribution in [2.45, 2.75) is 44.3 Å². The molecule has 2 fully saturated rings. The van der Waals surface area contributed by atoms with Gasteiger partial charge in [-0.1, -0.05) is 37.3 Å². The molecule has 1 aromatic carbocycles. The molecule has 3 aromatic rings. The number of nitrogens with zero attached hydrogens (tertiary/aromatic N) is 4. The van der Waals surface area contributed by atoms with E-state index < -0.39 is 10.0 Å². The van der Waals surface area contributed by atoms with E-state index in [1.54, 1.807) is 15.0 Å². The lowest BCUT2D eigenvalue weighted by Gasteiger charge is -2.31. The van der Waals surface area contributed by atoms with Crippen LogP contribution in [-0.2, 0) is 15.8 Å². The Morgan fingerprint density at radius 1 is 1.00 bits per heavy atom. The van der Waals surface area contributed by atoms with Crippen molar-refractivity contribution >= 4 is 21.4 Å². The van der Waals surface area contributed by atoms with Crippen LogP contribution in [0.2, 0.25) is 0 Å². The second-order valence-electron chi connectivity index (χ2n) is 9.74. The summed E-state index contributed by atoms with van der Waals surface area (Å²) in [5.41, 5.74) is 3.45. The first-order valence-electron chi connectivity index (χ1n) is 12.2. The van der Waals surface area contributed by atoms with Crippen molar-refractivity contribution in [2.24, 2.45) is 5.92 Å². The van der Waals surface area contributed by atoms with Crippen LogP contribution in [0.4, 0.5) is 0 Å². The molecule has 7 nitrogen and oxygen atoms in total. The number of piperidine rings is 2. The van der Waals surface area contributed by atoms with E-state index in [-0.39, 0.29) is 17.6 Å². The molecule has 0 radical (unpaired) electrons. The normalized spacial score (nSPS) is 19.0. The minimum Gasteiger partial charge on any atom is -0.339 e. The van der Waals surface area contributed by atoms with Gasteiger partial charge in [-0.2, -0.15) is 5.10 Å². The standard InChI is InChI=1S/C26H32N4O3S/c1-20-7-12-28(13-8-20)26(31)24-18-27-30-16-11-23(17-25(24)30)22-9-14-29(15-10-22)34(32,33)19-21-5-3-2-4-6-21/h2-6,11,16-18,20,22H,7-10,12-15,19H2,1H3. The highest BCUT2D eigenvalue weighted by atomic mass is 32.2. The van der Waals surface area contributed by atoms with Gasteiger partial charge in [0.05, 0.1) is 23.0 Å². The largest absolute Gasteiger partial charge is 0.339 e. The highest BCUT2D eigenvalue weighted by Crippen LogP contribution is 2.31. The molecule has 0 spiro atoms. The molecule has 5 rings (SSSR count). The number of carbonyl (C=O) groups is 1. The molecular weight excluding hydrogens is 448 g/mol. The van der Waals surface area contributed by atoms with Crippen LogP contribution in [0, 0.1) is 5.92 Å². The zero-order chi connectivity index (χ0) is 23.7. The van der Waals surface area contributed by atoms with E-state index in [4.69, 9.17) is 0 Å². The van der Waals surface area contributed by atoms with E-state index >= 15 is 0 Å². The molecule has 2 saturated heterocycles. The Kier molecular flexibility index (Phi) is 6.44. The van der Waals surface area contributed by atoms with E-state index in [2.05, 4.69) is 24.2 Å². The molecule has 180 valence electrons. The molecule has 2 aliphatic rings. The Labute approximate surface area is 201 Å². The fourth-order valence-corrected chi connectivity index (χ4v) is 6.70. The van der Waals surface area contributed by atoms with Crippen molar-refractivity contribution in [2.75, 3.05) is 26.2 Å². The van der Waals surface area contributed by atoms with Crippen molar-refractivity contribution in [1.82, 2.24) is 18.8 Å². The van der Waals surface area contributed by atoms with E-state index in [0.29, 0.717) is 24.6 Å². The summed E-state index contributed by atoms with van der Waals surface area (Å²) in [4.78, 5) is 15.1. The zero-order valence-electron chi connectivity index (χ0n) is 19.6. The van der Waals surface area contributed by atoms with Gasteiger partial charge in [0.2, 0.25) is 10.0 Å². The second-order valence-corrected chi connectivity index (χ2v) is 11.7. The number of likely N-dealkylation sites (tertiary alicyclic amines) is 1. The number of hydrogen-bond acceptors (Lipinski definition) is 4. The maximum absolute atomic E-state index is 13.2. The van der Waals surface area contributed by atoms with Crippen molar-refractivity contribution in [1.29, 1.82) is 0 Å². The molecule has 0 N–H and O–H groups in total. The molecule has 0 saturated carbocycles. The minimum absolute atomic E-state index is 0.0427. The van der Waals surface area contributed by atoms with Crippen LogP contribution in [0.5, 0.6) is 0 Å². The van der Waals surface area contributed by atoms with Gasteiger partial charge in [-0.05, 0) is 60.8 Å². The maximum Gasteiger partial charge on any atom is 0.257 e. The van der Waals surface area contributed by atoms with Crippen LogP contribution in [0.3, 0.4) is 0 Å². The molecule has 1 amide bonds. The molecule has 34 heavy (non-hydrogen) atoms. The smallest absolute Gasteiger partial charge is 0.257 e. The summed E-state index contributed by atoms with van der Waals surface area (Å²) in [6, 6.07) is 13.5. The Balaban J connectivity index is 1.28. The number of fused-ring (bicyclic) bond motifs is 1. The number of benzene rings is 1. The van der Waals surface area contributed by atoms with Gasteiger partial charge < -0.3 is 4.90 Å². The molecular formula is C26H32N4O3S. The first-order chi connectivity index (χ1) is 16.4. The van der Waals surface area contributed by atoms with Gasteiger partial charge in [0.1, 0.15) is 0 Å². The summed E-state index contributed by atoms with van der Waals surface area (Å²) in [6.45, 7) is 4.87. The van der Waals surface area contributed by atoms with Gasteiger partial charge in [0, 0.05) is 32.4 Å².